The molecule has 8 heteroatoms. The lowest BCUT2D eigenvalue weighted by Crippen LogP contribution is -2.27. The molecule has 3 rings (SSSR count). The first-order valence-electron chi connectivity index (χ1n) is 9.41. The molecular formula is C22H25N3O4S. The normalized spacial score (nSPS) is 10.7. The largest absolute Gasteiger partial charge is 0.493 e. The molecule has 0 bridgehead atoms. The molecule has 0 unspecified atom stereocenters. The van der Waals surface area contributed by atoms with Crippen LogP contribution >= 0.6 is 11.8 Å². The Kier molecular flexibility index (Phi) is 6.99. The molecule has 2 heterocycles. The Balaban J connectivity index is 1.79. The van der Waals surface area contributed by atoms with E-state index in [1.54, 1.807) is 44.5 Å². The van der Waals surface area contributed by atoms with Crippen molar-refractivity contribution in [1.82, 2.24) is 15.0 Å². The molecule has 0 spiro atoms. The Bertz CT molecular complexity index is 1020. The molecule has 0 saturated carbocycles. The Morgan fingerprint density at radius 1 is 1.17 bits per heavy atom. The van der Waals surface area contributed by atoms with Crippen molar-refractivity contribution >= 4 is 17.7 Å². The Morgan fingerprint density at radius 3 is 2.63 bits per heavy atom. The average Bonchev–Trinajstić information content (AvgIpc) is 3.08. The topological polar surface area (TPSA) is 77.7 Å². The standard InChI is InChI=1S/C22H25N3O4S/c1-14-18(15(2)29-24-14)13-30-21-17(9-7-11-23-21)22(26)25(3)12-16-8-6-10-19(27-4)20(16)28-5/h6-11H,12-13H2,1-5H3. The number of hydrogen-bond donors (Lipinski definition) is 0. The molecular weight excluding hydrogens is 402 g/mol. The number of aryl methyl sites for hydroxylation is 2. The van der Waals surface area contributed by atoms with Gasteiger partial charge in [0.2, 0.25) is 0 Å². The lowest BCUT2D eigenvalue weighted by molar-refractivity contribution is 0.0779. The van der Waals surface area contributed by atoms with E-state index in [4.69, 9.17) is 14.0 Å². The SMILES string of the molecule is COc1cccc(CN(C)C(=O)c2cccnc2SCc2c(C)noc2C)c1OC. The minimum atomic E-state index is -0.116. The zero-order chi connectivity index (χ0) is 21.7. The number of ether oxygens (including phenoxy) is 2. The van der Waals surface area contributed by atoms with Gasteiger partial charge in [0, 0.05) is 36.7 Å². The number of benzene rings is 1. The van der Waals surface area contributed by atoms with E-state index in [2.05, 4.69) is 10.1 Å². The molecule has 7 nitrogen and oxygen atoms in total. The number of pyridine rings is 1. The summed E-state index contributed by atoms with van der Waals surface area (Å²) in [6, 6.07) is 9.19. The summed E-state index contributed by atoms with van der Waals surface area (Å²) < 4.78 is 16.1. The van der Waals surface area contributed by atoms with Crippen LogP contribution in [0.5, 0.6) is 11.5 Å². The van der Waals surface area contributed by atoms with E-state index in [0.29, 0.717) is 34.4 Å². The number of para-hydroxylation sites is 1. The first-order chi connectivity index (χ1) is 14.5. The van der Waals surface area contributed by atoms with E-state index in [9.17, 15) is 4.79 Å². The van der Waals surface area contributed by atoms with Crippen molar-refractivity contribution in [3.8, 4) is 11.5 Å². The number of methoxy groups -OCH3 is 2. The third-order valence-electron chi connectivity index (χ3n) is 4.77. The van der Waals surface area contributed by atoms with Crippen molar-refractivity contribution < 1.29 is 18.8 Å². The number of rotatable bonds is 8. The van der Waals surface area contributed by atoms with Crippen molar-refractivity contribution in [3.05, 3.63) is 64.7 Å². The molecule has 0 aliphatic rings. The molecule has 158 valence electrons. The maximum Gasteiger partial charge on any atom is 0.256 e. The molecule has 0 aliphatic heterocycles. The van der Waals surface area contributed by atoms with Gasteiger partial charge in [-0.15, -0.1) is 11.8 Å². The first kappa shape index (κ1) is 21.7. The van der Waals surface area contributed by atoms with Gasteiger partial charge in [-0.2, -0.15) is 0 Å². The summed E-state index contributed by atoms with van der Waals surface area (Å²) in [5.74, 6) is 2.55. The van der Waals surface area contributed by atoms with Crippen LogP contribution in [0.3, 0.4) is 0 Å². The van der Waals surface area contributed by atoms with E-state index < -0.39 is 0 Å². The molecule has 2 aromatic heterocycles. The third-order valence-corrected chi connectivity index (χ3v) is 5.81. The quantitative estimate of drug-likeness (QED) is 0.497. The van der Waals surface area contributed by atoms with Crippen LogP contribution in [0.2, 0.25) is 0 Å². The Hall–Kier alpha value is -3.00. The number of carbonyl (C=O) groups is 1. The van der Waals surface area contributed by atoms with Crippen molar-refractivity contribution in [2.45, 2.75) is 31.2 Å². The first-order valence-corrected chi connectivity index (χ1v) is 10.4. The lowest BCUT2D eigenvalue weighted by atomic mass is 10.1. The molecule has 1 aromatic carbocycles. The van der Waals surface area contributed by atoms with Crippen molar-refractivity contribution in [2.75, 3.05) is 21.3 Å². The van der Waals surface area contributed by atoms with E-state index in [-0.39, 0.29) is 5.91 Å². The smallest absolute Gasteiger partial charge is 0.256 e. The fourth-order valence-electron chi connectivity index (χ4n) is 3.13. The van der Waals surface area contributed by atoms with Crippen LogP contribution in [-0.4, -0.2) is 42.2 Å². The van der Waals surface area contributed by atoms with Gasteiger partial charge in [-0.05, 0) is 32.0 Å². The Morgan fingerprint density at radius 2 is 1.97 bits per heavy atom. The second kappa shape index (κ2) is 9.67. The van der Waals surface area contributed by atoms with E-state index in [1.807, 2.05) is 32.0 Å². The maximum absolute atomic E-state index is 13.2. The number of nitrogens with zero attached hydrogens (tertiary/aromatic N) is 3. The highest BCUT2D eigenvalue weighted by atomic mass is 32.2. The summed E-state index contributed by atoms with van der Waals surface area (Å²) in [5.41, 5.74) is 3.30. The summed E-state index contributed by atoms with van der Waals surface area (Å²) in [6.07, 6.45) is 1.69. The summed E-state index contributed by atoms with van der Waals surface area (Å²) in [5, 5.41) is 4.66. The molecule has 0 atom stereocenters. The van der Waals surface area contributed by atoms with Gasteiger partial charge in [-0.25, -0.2) is 4.98 Å². The van der Waals surface area contributed by atoms with Crippen LogP contribution in [0.4, 0.5) is 0 Å². The van der Waals surface area contributed by atoms with Crippen molar-refractivity contribution in [1.29, 1.82) is 0 Å². The third kappa shape index (κ3) is 4.59. The molecule has 1 amide bonds. The fraction of sp³-hybridized carbons (Fsp3) is 0.318. The molecule has 0 saturated heterocycles. The minimum Gasteiger partial charge on any atom is -0.493 e. The predicted molar refractivity (Wildman–Crippen MR) is 115 cm³/mol. The van der Waals surface area contributed by atoms with Crippen LogP contribution in [0.15, 0.2) is 46.1 Å². The Labute approximate surface area is 180 Å². The van der Waals surface area contributed by atoms with E-state index >= 15 is 0 Å². The van der Waals surface area contributed by atoms with Crippen molar-refractivity contribution in [2.24, 2.45) is 0 Å². The molecule has 30 heavy (non-hydrogen) atoms. The zero-order valence-corrected chi connectivity index (χ0v) is 18.6. The van der Waals surface area contributed by atoms with Gasteiger partial charge in [-0.1, -0.05) is 17.3 Å². The number of hydrogen-bond acceptors (Lipinski definition) is 7. The van der Waals surface area contributed by atoms with Crippen LogP contribution in [0.25, 0.3) is 0 Å². The second-order valence-corrected chi connectivity index (χ2v) is 7.73. The van der Waals surface area contributed by atoms with Crippen LogP contribution in [-0.2, 0) is 12.3 Å². The van der Waals surface area contributed by atoms with Crippen molar-refractivity contribution in [3.63, 3.8) is 0 Å². The van der Waals surface area contributed by atoms with Gasteiger partial charge < -0.3 is 18.9 Å². The van der Waals surface area contributed by atoms with E-state index in [1.165, 1.54) is 11.8 Å². The fourth-order valence-corrected chi connectivity index (χ4v) is 4.27. The van der Waals surface area contributed by atoms with Gasteiger partial charge in [0.05, 0.1) is 25.5 Å². The van der Waals surface area contributed by atoms with Gasteiger partial charge in [0.15, 0.2) is 11.5 Å². The van der Waals surface area contributed by atoms with Gasteiger partial charge in [-0.3, -0.25) is 4.79 Å². The molecule has 0 fully saturated rings. The highest BCUT2D eigenvalue weighted by Gasteiger charge is 2.20. The summed E-state index contributed by atoms with van der Waals surface area (Å²) in [7, 11) is 4.94. The number of amides is 1. The highest BCUT2D eigenvalue weighted by Crippen LogP contribution is 2.32. The van der Waals surface area contributed by atoms with Gasteiger partial charge >= 0.3 is 0 Å². The number of carbonyl (C=O) groups excluding carboxylic acids is 1. The zero-order valence-electron chi connectivity index (χ0n) is 17.8. The van der Waals surface area contributed by atoms with Gasteiger partial charge in [0.25, 0.3) is 5.91 Å². The number of aromatic nitrogens is 2. The molecule has 0 N–H and O–H groups in total. The summed E-state index contributed by atoms with van der Waals surface area (Å²) in [4.78, 5) is 19.3. The second-order valence-electron chi connectivity index (χ2n) is 6.76. The molecule has 0 radical (unpaired) electrons. The predicted octanol–water partition coefficient (Wildman–Crippen LogP) is 4.27. The summed E-state index contributed by atoms with van der Waals surface area (Å²) in [6.45, 7) is 4.17. The average molecular weight is 428 g/mol. The van der Waals surface area contributed by atoms with Crippen LogP contribution in [0, 0.1) is 13.8 Å². The van der Waals surface area contributed by atoms with E-state index in [0.717, 1.165) is 22.6 Å². The van der Waals surface area contributed by atoms with Gasteiger partial charge in [0.1, 0.15) is 10.8 Å². The minimum absolute atomic E-state index is 0.116. The monoisotopic (exact) mass is 427 g/mol. The molecule has 3 aromatic rings. The van der Waals surface area contributed by atoms with Crippen LogP contribution in [0.1, 0.15) is 32.9 Å². The molecule has 0 aliphatic carbocycles. The number of thioether (sulfide) groups is 1. The lowest BCUT2D eigenvalue weighted by Gasteiger charge is -2.20. The highest BCUT2D eigenvalue weighted by molar-refractivity contribution is 7.98. The summed E-state index contributed by atoms with van der Waals surface area (Å²) >= 11 is 1.50. The van der Waals surface area contributed by atoms with Crippen LogP contribution < -0.4 is 9.47 Å². The maximum atomic E-state index is 13.2.